The predicted octanol–water partition coefficient (Wildman–Crippen LogP) is 4.07. The Morgan fingerprint density at radius 1 is 1.16 bits per heavy atom. The van der Waals surface area contributed by atoms with Crippen LogP contribution < -0.4 is 10.2 Å². The molecule has 2 aromatic carbocycles. The standard InChI is InChI=1S/C20H19BrN2O2/c1-13-12-15(6-7-16(13)21)22-18(24)20(9-10-20)19(25)23-11-8-14-4-2-3-5-17(14)23/h2-7,12H,8-11H2,1H3,(H,22,24). The molecule has 2 amide bonds. The number of carbonyl (C=O) groups is 2. The van der Waals surface area contributed by atoms with Crippen molar-refractivity contribution in [3.05, 3.63) is 58.1 Å². The van der Waals surface area contributed by atoms with Crippen LogP contribution in [0.4, 0.5) is 11.4 Å². The first-order chi connectivity index (χ1) is 12.0. The fraction of sp³-hybridized carbons (Fsp3) is 0.300. The van der Waals surface area contributed by atoms with E-state index in [2.05, 4.69) is 21.2 Å². The highest BCUT2D eigenvalue weighted by molar-refractivity contribution is 9.10. The fourth-order valence-corrected chi connectivity index (χ4v) is 3.69. The van der Waals surface area contributed by atoms with Gasteiger partial charge in [-0.15, -0.1) is 0 Å². The number of nitrogens with one attached hydrogen (secondary N) is 1. The monoisotopic (exact) mass is 398 g/mol. The maximum Gasteiger partial charge on any atom is 0.242 e. The van der Waals surface area contributed by atoms with Crippen molar-refractivity contribution < 1.29 is 9.59 Å². The van der Waals surface area contributed by atoms with Crippen LogP contribution in [0.1, 0.15) is 24.0 Å². The van der Waals surface area contributed by atoms with Gasteiger partial charge in [0.05, 0.1) is 0 Å². The van der Waals surface area contributed by atoms with Gasteiger partial charge in [-0.3, -0.25) is 9.59 Å². The molecule has 128 valence electrons. The first kappa shape index (κ1) is 16.3. The summed E-state index contributed by atoms with van der Waals surface area (Å²) in [5, 5.41) is 2.93. The van der Waals surface area contributed by atoms with Crippen LogP contribution in [0.25, 0.3) is 0 Å². The number of amides is 2. The van der Waals surface area contributed by atoms with Crippen LogP contribution in [0.2, 0.25) is 0 Å². The molecule has 1 fully saturated rings. The third-order valence-corrected chi connectivity index (χ3v) is 6.03. The van der Waals surface area contributed by atoms with Gasteiger partial charge >= 0.3 is 0 Å². The van der Waals surface area contributed by atoms with Crippen LogP contribution in [0.15, 0.2) is 46.9 Å². The summed E-state index contributed by atoms with van der Waals surface area (Å²) in [4.78, 5) is 27.7. The molecular formula is C20H19BrN2O2. The van der Waals surface area contributed by atoms with Gasteiger partial charge in [-0.05, 0) is 61.6 Å². The van der Waals surface area contributed by atoms with Crippen molar-refractivity contribution in [2.45, 2.75) is 26.2 Å². The lowest BCUT2D eigenvalue weighted by Crippen LogP contribution is -2.42. The predicted molar refractivity (Wildman–Crippen MR) is 102 cm³/mol. The van der Waals surface area contributed by atoms with Crippen LogP contribution in [-0.4, -0.2) is 18.4 Å². The van der Waals surface area contributed by atoms with Crippen molar-refractivity contribution in [1.82, 2.24) is 0 Å². The summed E-state index contributed by atoms with van der Waals surface area (Å²) in [7, 11) is 0. The molecule has 5 heteroatoms. The van der Waals surface area contributed by atoms with Gasteiger partial charge in [-0.25, -0.2) is 0 Å². The Kier molecular flexibility index (Phi) is 3.91. The number of nitrogens with zero attached hydrogens (tertiary/aromatic N) is 1. The Morgan fingerprint density at radius 2 is 1.92 bits per heavy atom. The van der Waals surface area contributed by atoms with Crippen LogP contribution in [0.3, 0.4) is 0 Å². The molecular weight excluding hydrogens is 380 g/mol. The van der Waals surface area contributed by atoms with E-state index >= 15 is 0 Å². The van der Waals surface area contributed by atoms with Gasteiger partial charge in [0, 0.05) is 22.4 Å². The number of hydrogen-bond acceptors (Lipinski definition) is 2. The number of benzene rings is 2. The average molecular weight is 399 g/mol. The number of rotatable bonds is 3. The van der Waals surface area contributed by atoms with Crippen LogP contribution in [-0.2, 0) is 16.0 Å². The SMILES string of the molecule is Cc1cc(NC(=O)C2(C(=O)N3CCc4ccccc43)CC2)ccc1Br. The quantitative estimate of drug-likeness (QED) is 0.792. The number of fused-ring (bicyclic) bond motifs is 1. The van der Waals surface area contributed by atoms with Crippen molar-refractivity contribution >= 4 is 39.1 Å². The van der Waals surface area contributed by atoms with Crippen LogP contribution in [0, 0.1) is 12.3 Å². The molecule has 0 spiro atoms. The topological polar surface area (TPSA) is 49.4 Å². The molecule has 4 rings (SSSR count). The Hall–Kier alpha value is -2.14. The maximum atomic E-state index is 13.1. The fourth-order valence-electron chi connectivity index (χ4n) is 3.44. The number of para-hydroxylation sites is 1. The van der Waals surface area contributed by atoms with Crippen molar-refractivity contribution in [3.8, 4) is 0 Å². The van der Waals surface area contributed by atoms with Gasteiger partial charge in [0.15, 0.2) is 0 Å². The number of aryl methyl sites for hydroxylation is 1. The largest absolute Gasteiger partial charge is 0.325 e. The minimum Gasteiger partial charge on any atom is -0.325 e. The van der Waals surface area contributed by atoms with E-state index in [-0.39, 0.29) is 11.8 Å². The minimum atomic E-state index is -0.904. The average Bonchev–Trinajstić information content (AvgIpc) is 3.31. The van der Waals surface area contributed by atoms with E-state index in [1.54, 1.807) is 4.90 Å². The number of carbonyl (C=O) groups excluding carboxylic acids is 2. The van der Waals surface area contributed by atoms with Crippen LogP contribution >= 0.6 is 15.9 Å². The zero-order chi connectivity index (χ0) is 17.6. The highest BCUT2D eigenvalue weighted by atomic mass is 79.9. The summed E-state index contributed by atoms with van der Waals surface area (Å²) >= 11 is 3.46. The first-order valence-corrected chi connectivity index (χ1v) is 9.28. The van der Waals surface area contributed by atoms with Gasteiger partial charge in [0.1, 0.15) is 5.41 Å². The zero-order valence-corrected chi connectivity index (χ0v) is 15.6. The summed E-state index contributed by atoms with van der Waals surface area (Å²) in [6.45, 7) is 2.63. The van der Waals surface area contributed by atoms with Crippen molar-refractivity contribution in [2.75, 3.05) is 16.8 Å². The van der Waals surface area contributed by atoms with Gasteiger partial charge in [0.2, 0.25) is 11.8 Å². The molecule has 2 aliphatic rings. The summed E-state index contributed by atoms with van der Waals surface area (Å²) in [6.07, 6.45) is 2.09. The van der Waals surface area contributed by atoms with Crippen molar-refractivity contribution in [3.63, 3.8) is 0 Å². The smallest absolute Gasteiger partial charge is 0.242 e. The van der Waals surface area contributed by atoms with Gasteiger partial charge in [0.25, 0.3) is 0 Å². The summed E-state index contributed by atoms with van der Waals surface area (Å²) in [6, 6.07) is 13.6. The molecule has 1 aliphatic heterocycles. The Morgan fingerprint density at radius 3 is 2.64 bits per heavy atom. The molecule has 0 bridgehead atoms. The molecule has 1 N–H and O–H groups in total. The lowest BCUT2D eigenvalue weighted by molar-refractivity contribution is -0.132. The van der Waals surface area contributed by atoms with E-state index in [0.717, 1.165) is 27.8 Å². The second kappa shape index (κ2) is 5.99. The number of anilines is 2. The highest BCUT2D eigenvalue weighted by Gasteiger charge is 2.58. The first-order valence-electron chi connectivity index (χ1n) is 8.49. The molecule has 0 saturated heterocycles. The zero-order valence-electron chi connectivity index (χ0n) is 14.0. The number of halogens is 1. The van der Waals surface area contributed by atoms with E-state index in [1.807, 2.05) is 49.4 Å². The van der Waals surface area contributed by atoms with E-state index in [9.17, 15) is 9.59 Å². The molecule has 0 aromatic heterocycles. The number of hydrogen-bond donors (Lipinski definition) is 1. The summed E-state index contributed by atoms with van der Waals surface area (Å²) in [5.74, 6) is -0.257. The third kappa shape index (κ3) is 2.76. The molecule has 4 nitrogen and oxygen atoms in total. The molecule has 25 heavy (non-hydrogen) atoms. The molecule has 1 saturated carbocycles. The molecule has 2 aromatic rings. The van der Waals surface area contributed by atoms with Gasteiger partial charge in [-0.2, -0.15) is 0 Å². The lowest BCUT2D eigenvalue weighted by atomic mass is 10.0. The van der Waals surface area contributed by atoms with Crippen LogP contribution in [0.5, 0.6) is 0 Å². The second-order valence-corrected chi connectivity index (χ2v) is 7.69. The maximum absolute atomic E-state index is 13.1. The molecule has 0 radical (unpaired) electrons. The lowest BCUT2D eigenvalue weighted by Gasteiger charge is -2.23. The normalized spacial score (nSPS) is 17.1. The van der Waals surface area contributed by atoms with Crippen molar-refractivity contribution in [2.24, 2.45) is 5.41 Å². The highest BCUT2D eigenvalue weighted by Crippen LogP contribution is 2.49. The summed E-state index contributed by atoms with van der Waals surface area (Å²) < 4.78 is 0.997. The molecule has 1 aliphatic carbocycles. The molecule has 1 heterocycles. The van der Waals surface area contributed by atoms with Crippen molar-refractivity contribution in [1.29, 1.82) is 0 Å². The van der Waals surface area contributed by atoms with E-state index in [0.29, 0.717) is 19.4 Å². The second-order valence-electron chi connectivity index (χ2n) is 6.84. The van der Waals surface area contributed by atoms with Gasteiger partial charge in [-0.1, -0.05) is 34.1 Å². The summed E-state index contributed by atoms with van der Waals surface area (Å²) in [5.41, 5.74) is 2.99. The van der Waals surface area contributed by atoms with E-state index < -0.39 is 5.41 Å². The molecule has 0 unspecified atom stereocenters. The van der Waals surface area contributed by atoms with E-state index in [4.69, 9.17) is 0 Å². The van der Waals surface area contributed by atoms with E-state index in [1.165, 1.54) is 5.56 Å². The molecule has 0 atom stereocenters. The third-order valence-electron chi connectivity index (χ3n) is 5.14. The Bertz CT molecular complexity index is 874. The Balaban J connectivity index is 1.54. The minimum absolute atomic E-state index is 0.0659. The Labute approximate surface area is 155 Å². The van der Waals surface area contributed by atoms with Gasteiger partial charge < -0.3 is 10.2 Å².